The number of aryl methyl sites for hydroxylation is 1. The minimum atomic E-state index is -0.482. The molecule has 0 radical (unpaired) electrons. The van der Waals surface area contributed by atoms with Crippen molar-refractivity contribution in [1.29, 1.82) is 0 Å². The van der Waals surface area contributed by atoms with Gasteiger partial charge in [0.2, 0.25) is 0 Å². The largest absolute Gasteiger partial charge is 0.444 e. The molecule has 0 saturated heterocycles. The van der Waals surface area contributed by atoms with E-state index < -0.39 is 5.60 Å². The normalized spacial score (nSPS) is 15.3. The minimum absolute atomic E-state index is 0.288. The number of amides is 1. The Labute approximate surface area is 131 Å². The first kappa shape index (κ1) is 16.2. The van der Waals surface area contributed by atoms with Gasteiger partial charge in [-0.2, -0.15) is 0 Å². The summed E-state index contributed by atoms with van der Waals surface area (Å²) in [5.74, 6) is 0. The molecule has 0 fully saturated rings. The third kappa shape index (κ3) is 3.93. The summed E-state index contributed by atoms with van der Waals surface area (Å²) in [6, 6.07) is 1.83. The Morgan fingerprint density at radius 1 is 1.41 bits per heavy atom. The zero-order valence-electron chi connectivity index (χ0n) is 13.5. The highest BCUT2D eigenvalue weighted by molar-refractivity contribution is 5.77. The van der Waals surface area contributed by atoms with Crippen LogP contribution in [0.1, 0.15) is 48.8 Å². The predicted octanol–water partition coefficient (Wildman–Crippen LogP) is 3.23. The molecule has 0 unspecified atom stereocenters. The molecule has 5 heteroatoms. The second-order valence-electron chi connectivity index (χ2n) is 6.46. The highest BCUT2D eigenvalue weighted by Crippen LogP contribution is 2.24. The summed E-state index contributed by atoms with van der Waals surface area (Å²) in [5, 5.41) is 0. The van der Waals surface area contributed by atoms with E-state index >= 15 is 0 Å². The fourth-order valence-corrected chi connectivity index (χ4v) is 2.37. The van der Waals surface area contributed by atoms with Crippen molar-refractivity contribution in [1.82, 2.24) is 9.88 Å². The van der Waals surface area contributed by atoms with E-state index in [-0.39, 0.29) is 6.09 Å². The van der Waals surface area contributed by atoms with Gasteiger partial charge in [-0.1, -0.05) is 6.08 Å². The van der Waals surface area contributed by atoms with Gasteiger partial charge in [0.25, 0.3) is 0 Å². The van der Waals surface area contributed by atoms with Crippen LogP contribution < -0.4 is 0 Å². The Morgan fingerprint density at radius 3 is 2.64 bits per heavy atom. The lowest BCUT2D eigenvalue weighted by molar-refractivity contribution is 0.0270. The lowest BCUT2D eigenvalue weighted by Crippen LogP contribution is -2.39. The van der Waals surface area contributed by atoms with E-state index in [4.69, 9.17) is 4.74 Å². The maximum absolute atomic E-state index is 12.0. The third-order valence-electron chi connectivity index (χ3n) is 3.40. The highest BCUT2D eigenvalue weighted by atomic mass is 16.6. The zero-order chi connectivity index (χ0) is 16.3. The Bertz CT molecular complexity index is 615. The lowest BCUT2D eigenvalue weighted by atomic mass is 10.00. The molecule has 0 spiro atoms. The smallest absolute Gasteiger partial charge is 0.410 e. The van der Waals surface area contributed by atoms with Crippen molar-refractivity contribution in [2.75, 3.05) is 13.1 Å². The summed E-state index contributed by atoms with van der Waals surface area (Å²) in [7, 11) is 0. The molecule has 0 bridgehead atoms. The van der Waals surface area contributed by atoms with Crippen LogP contribution in [0.25, 0.3) is 5.57 Å². The highest BCUT2D eigenvalue weighted by Gasteiger charge is 2.24. The molecule has 0 N–H and O–H groups in total. The van der Waals surface area contributed by atoms with Crippen LogP contribution in [0.3, 0.4) is 0 Å². The van der Waals surface area contributed by atoms with Gasteiger partial charge in [0.1, 0.15) is 5.60 Å². The molecule has 5 nitrogen and oxygen atoms in total. The first-order valence-corrected chi connectivity index (χ1v) is 7.39. The van der Waals surface area contributed by atoms with Gasteiger partial charge in [-0.05, 0) is 51.3 Å². The standard InChI is InChI=1S/C17H22N2O3/c1-12-9-13(11-20)10-18-15(12)14-5-7-19(8-6-14)16(21)22-17(2,3)4/h5,9-11H,6-8H2,1-4H3. The molecule has 0 atom stereocenters. The van der Waals surface area contributed by atoms with Crippen LogP contribution >= 0.6 is 0 Å². The summed E-state index contributed by atoms with van der Waals surface area (Å²) in [4.78, 5) is 28.8. The molecule has 0 saturated carbocycles. The molecule has 22 heavy (non-hydrogen) atoms. The van der Waals surface area contributed by atoms with E-state index in [0.29, 0.717) is 18.7 Å². The number of aromatic nitrogens is 1. The number of nitrogens with zero attached hydrogens (tertiary/aromatic N) is 2. The monoisotopic (exact) mass is 302 g/mol. The van der Waals surface area contributed by atoms with E-state index in [0.717, 1.165) is 29.5 Å². The van der Waals surface area contributed by atoms with Gasteiger partial charge in [-0.3, -0.25) is 9.78 Å². The van der Waals surface area contributed by atoms with Gasteiger partial charge in [-0.25, -0.2) is 4.79 Å². The van der Waals surface area contributed by atoms with Gasteiger partial charge in [0, 0.05) is 24.8 Å². The summed E-state index contributed by atoms with van der Waals surface area (Å²) >= 11 is 0. The van der Waals surface area contributed by atoms with Crippen molar-refractivity contribution in [2.24, 2.45) is 0 Å². The van der Waals surface area contributed by atoms with Gasteiger partial charge in [0.15, 0.2) is 6.29 Å². The molecular formula is C17H22N2O3. The van der Waals surface area contributed by atoms with Crippen molar-refractivity contribution in [2.45, 2.75) is 39.7 Å². The van der Waals surface area contributed by atoms with Crippen LogP contribution in [-0.2, 0) is 4.74 Å². The van der Waals surface area contributed by atoms with E-state index in [9.17, 15) is 9.59 Å². The zero-order valence-corrected chi connectivity index (χ0v) is 13.5. The Hall–Kier alpha value is -2.17. The summed E-state index contributed by atoms with van der Waals surface area (Å²) < 4.78 is 5.38. The predicted molar refractivity (Wildman–Crippen MR) is 84.8 cm³/mol. The average Bonchev–Trinajstić information content (AvgIpc) is 2.45. The van der Waals surface area contributed by atoms with Gasteiger partial charge >= 0.3 is 6.09 Å². The Balaban J connectivity index is 2.08. The van der Waals surface area contributed by atoms with Crippen molar-refractivity contribution in [3.8, 4) is 0 Å². The molecule has 2 rings (SSSR count). The van der Waals surface area contributed by atoms with Crippen LogP contribution in [0.2, 0.25) is 0 Å². The summed E-state index contributed by atoms with van der Waals surface area (Å²) in [6.45, 7) is 8.64. The molecular weight excluding hydrogens is 280 g/mol. The summed E-state index contributed by atoms with van der Waals surface area (Å²) in [6.07, 6.45) is 4.82. The number of pyridine rings is 1. The van der Waals surface area contributed by atoms with Crippen LogP contribution in [0.4, 0.5) is 4.79 Å². The maximum Gasteiger partial charge on any atom is 0.410 e. The van der Waals surface area contributed by atoms with Gasteiger partial charge in [-0.15, -0.1) is 0 Å². The fourth-order valence-electron chi connectivity index (χ4n) is 2.37. The van der Waals surface area contributed by atoms with Crippen LogP contribution in [0, 0.1) is 6.92 Å². The first-order chi connectivity index (χ1) is 10.3. The molecule has 1 aliphatic heterocycles. The SMILES string of the molecule is Cc1cc(C=O)cnc1C1=CCN(C(=O)OC(C)(C)C)CC1. The average molecular weight is 302 g/mol. The molecule has 118 valence electrons. The van der Waals surface area contributed by atoms with Crippen LogP contribution in [0.15, 0.2) is 18.3 Å². The van der Waals surface area contributed by atoms with E-state index in [1.807, 2.05) is 39.8 Å². The third-order valence-corrected chi connectivity index (χ3v) is 3.40. The van der Waals surface area contributed by atoms with E-state index in [1.54, 1.807) is 11.1 Å². The van der Waals surface area contributed by atoms with Crippen LogP contribution in [-0.4, -0.2) is 41.0 Å². The van der Waals surface area contributed by atoms with Crippen molar-refractivity contribution < 1.29 is 14.3 Å². The number of hydrogen-bond donors (Lipinski definition) is 0. The van der Waals surface area contributed by atoms with Gasteiger partial charge < -0.3 is 9.64 Å². The fraction of sp³-hybridized carbons (Fsp3) is 0.471. The summed E-state index contributed by atoms with van der Waals surface area (Å²) in [5.41, 5.74) is 3.07. The topological polar surface area (TPSA) is 59.5 Å². The molecule has 0 aliphatic carbocycles. The molecule has 1 aliphatic rings. The second-order valence-corrected chi connectivity index (χ2v) is 6.46. The molecule has 1 aromatic rings. The number of rotatable bonds is 2. The molecule has 0 aromatic carbocycles. The second kappa shape index (κ2) is 6.30. The minimum Gasteiger partial charge on any atom is -0.444 e. The van der Waals surface area contributed by atoms with Crippen LogP contribution in [0.5, 0.6) is 0 Å². The number of aldehydes is 1. The van der Waals surface area contributed by atoms with E-state index in [1.165, 1.54) is 0 Å². The first-order valence-electron chi connectivity index (χ1n) is 7.39. The quantitative estimate of drug-likeness (QED) is 0.787. The lowest BCUT2D eigenvalue weighted by Gasteiger charge is -2.29. The molecule has 1 amide bonds. The molecule has 1 aromatic heterocycles. The number of ether oxygens (including phenoxy) is 1. The number of hydrogen-bond acceptors (Lipinski definition) is 4. The number of carbonyl (C=O) groups is 2. The Kier molecular flexibility index (Phi) is 4.64. The van der Waals surface area contributed by atoms with E-state index in [2.05, 4.69) is 4.98 Å². The number of carbonyl (C=O) groups excluding carboxylic acids is 2. The van der Waals surface area contributed by atoms with Crippen molar-refractivity contribution in [3.63, 3.8) is 0 Å². The maximum atomic E-state index is 12.0. The van der Waals surface area contributed by atoms with Gasteiger partial charge in [0.05, 0.1) is 5.69 Å². The Morgan fingerprint density at radius 2 is 2.14 bits per heavy atom. The van der Waals surface area contributed by atoms with Crippen molar-refractivity contribution >= 4 is 18.0 Å². The van der Waals surface area contributed by atoms with Crippen molar-refractivity contribution in [3.05, 3.63) is 35.2 Å². The molecule has 2 heterocycles.